The Morgan fingerprint density at radius 1 is 1.60 bits per heavy atom. The molecule has 0 unspecified atom stereocenters. The van der Waals surface area contributed by atoms with Crippen molar-refractivity contribution < 1.29 is 9.90 Å². The van der Waals surface area contributed by atoms with E-state index < -0.39 is 5.97 Å². The van der Waals surface area contributed by atoms with Crippen molar-refractivity contribution in [3.05, 3.63) is 16.9 Å². The van der Waals surface area contributed by atoms with Crippen molar-refractivity contribution in [2.45, 2.75) is 6.92 Å². The number of hydrogen-bond acceptors (Lipinski definition) is 4. The van der Waals surface area contributed by atoms with Gasteiger partial charge < -0.3 is 10.0 Å². The minimum absolute atomic E-state index is 0.312. The van der Waals surface area contributed by atoms with Gasteiger partial charge >= 0.3 is 5.97 Å². The van der Waals surface area contributed by atoms with Crippen LogP contribution in [0, 0.1) is 12.8 Å². The molecule has 5 nitrogen and oxygen atoms in total. The highest BCUT2D eigenvalue weighted by molar-refractivity contribution is 6.29. The molecule has 1 aliphatic rings. The topological polar surface area (TPSA) is 66.3 Å². The van der Waals surface area contributed by atoms with E-state index in [2.05, 4.69) is 9.97 Å². The second-order valence-electron chi connectivity index (χ2n) is 3.57. The van der Waals surface area contributed by atoms with Gasteiger partial charge in [-0.25, -0.2) is 9.97 Å². The summed E-state index contributed by atoms with van der Waals surface area (Å²) in [7, 11) is 0. The molecule has 0 radical (unpaired) electrons. The highest BCUT2D eigenvalue weighted by atomic mass is 35.5. The number of carboxylic acid groups (broad SMARTS) is 1. The van der Waals surface area contributed by atoms with E-state index in [0.29, 0.717) is 24.2 Å². The molecule has 0 amide bonds. The molecule has 0 bridgehead atoms. The highest BCUT2D eigenvalue weighted by Crippen LogP contribution is 2.22. The number of anilines is 1. The second-order valence-corrected chi connectivity index (χ2v) is 3.96. The van der Waals surface area contributed by atoms with Gasteiger partial charge in [0.2, 0.25) is 5.95 Å². The molecule has 15 heavy (non-hydrogen) atoms. The average Bonchev–Trinajstić information content (AvgIpc) is 1.97. The lowest BCUT2D eigenvalue weighted by Gasteiger charge is -2.36. The minimum atomic E-state index is -0.773. The summed E-state index contributed by atoms with van der Waals surface area (Å²) in [5.74, 6) is -0.574. The molecule has 0 spiro atoms. The zero-order valence-electron chi connectivity index (χ0n) is 8.14. The van der Waals surface area contributed by atoms with Crippen LogP contribution < -0.4 is 4.90 Å². The molecule has 1 aromatic rings. The number of carboxylic acids is 1. The van der Waals surface area contributed by atoms with Gasteiger partial charge in [0, 0.05) is 18.8 Å². The number of aromatic nitrogens is 2. The Labute approximate surface area is 91.7 Å². The van der Waals surface area contributed by atoms with Crippen molar-refractivity contribution in [1.82, 2.24) is 9.97 Å². The first kappa shape index (κ1) is 10.2. The van der Waals surface area contributed by atoms with Crippen LogP contribution >= 0.6 is 11.6 Å². The second kappa shape index (κ2) is 3.66. The van der Waals surface area contributed by atoms with Crippen LogP contribution in [0.15, 0.2) is 6.07 Å². The van der Waals surface area contributed by atoms with E-state index in [-0.39, 0.29) is 5.92 Å². The highest BCUT2D eigenvalue weighted by Gasteiger charge is 2.34. The van der Waals surface area contributed by atoms with Crippen LogP contribution in [-0.2, 0) is 4.79 Å². The number of nitrogens with zero attached hydrogens (tertiary/aromatic N) is 3. The minimum Gasteiger partial charge on any atom is -0.481 e. The van der Waals surface area contributed by atoms with Crippen molar-refractivity contribution in [1.29, 1.82) is 0 Å². The van der Waals surface area contributed by atoms with Crippen LogP contribution in [0.3, 0.4) is 0 Å². The molecule has 1 saturated heterocycles. The first-order chi connectivity index (χ1) is 7.06. The Morgan fingerprint density at radius 3 is 2.80 bits per heavy atom. The fourth-order valence-corrected chi connectivity index (χ4v) is 1.69. The predicted octanol–water partition coefficient (Wildman–Crippen LogP) is 0.959. The van der Waals surface area contributed by atoms with Crippen LogP contribution in [-0.4, -0.2) is 34.1 Å². The van der Waals surface area contributed by atoms with E-state index in [1.54, 1.807) is 11.0 Å². The standard InChI is InChI=1S/C9H10ClN3O2/c1-5-2-7(10)12-9(11-5)13-3-6(4-13)8(14)15/h2,6H,3-4H2,1H3,(H,14,15). The van der Waals surface area contributed by atoms with E-state index in [1.807, 2.05) is 6.92 Å². The van der Waals surface area contributed by atoms with Crippen LogP contribution in [0.25, 0.3) is 0 Å². The molecule has 0 atom stereocenters. The van der Waals surface area contributed by atoms with Crippen LogP contribution in [0.2, 0.25) is 5.15 Å². The molecule has 1 N–H and O–H groups in total. The molecular formula is C9H10ClN3O2. The Morgan fingerprint density at radius 2 is 2.27 bits per heavy atom. The normalized spacial score (nSPS) is 16.3. The van der Waals surface area contributed by atoms with Crippen molar-refractivity contribution in [2.75, 3.05) is 18.0 Å². The maximum Gasteiger partial charge on any atom is 0.310 e. The molecule has 1 aliphatic heterocycles. The first-order valence-corrected chi connectivity index (χ1v) is 4.93. The van der Waals surface area contributed by atoms with Crippen molar-refractivity contribution >= 4 is 23.5 Å². The lowest BCUT2D eigenvalue weighted by molar-refractivity contribution is -0.142. The van der Waals surface area contributed by atoms with E-state index in [9.17, 15) is 4.79 Å². The number of rotatable bonds is 2. The predicted molar refractivity (Wildman–Crippen MR) is 55.1 cm³/mol. The third kappa shape index (κ3) is 2.02. The third-order valence-electron chi connectivity index (χ3n) is 2.32. The largest absolute Gasteiger partial charge is 0.481 e. The van der Waals surface area contributed by atoms with Crippen molar-refractivity contribution in [3.63, 3.8) is 0 Å². The van der Waals surface area contributed by atoms with Crippen molar-refractivity contribution in [3.8, 4) is 0 Å². The fourth-order valence-electron chi connectivity index (χ4n) is 1.45. The number of aliphatic carboxylic acids is 1. The summed E-state index contributed by atoms with van der Waals surface area (Å²) < 4.78 is 0. The smallest absolute Gasteiger partial charge is 0.310 e. The Balaban J connectivity index is 2.10. The molecule has 0 aliphatic carbocycles. The summed E-state index contributed by atoms with van der Waals surface area (Å²) in [5, 5.41) is 9.10. The van der Waals surface area contributed by atoms with Gasteiger partial charge in [0.25, 0.3) is 0 Å². The van der Waals surface area contributed by atoms with Crippen LogP contribution in [0.1, 0.15) is 5.69 Å². The molecular weight excluding hydrogens is 218 g/mol. The summed E-state index contributed by atoms with van der Waals surface area (Å²) in [6.07, 6.45) is 0. The van der Waals surface area contributed by atoms with Gasteiger partial charge in [-0.3, -0.25) is 4.79 Å². The summed E-state index contributed by atoms with van der Waals surface area (Å²) >= 11 is 5.78. The molecule has 6 heteroatoms. The zero-order chi connectivity index (χ0) is 11.0. The molecule has 0 aromatic carbocycles. The van der Waals surface area contributed by atoms with E-state index >= 15 is 0 Å². The van der Waals surface area contributed by atoms with Crippen LogP contribution in [0.4, 0.5) is 5.95 Å². The van der Waals surface area contributed by atoms with Gasteiger partial charge in [-0.05, 0) is 13.0 Å². The van der Waals surface area contributed by atoms with E-state index in [0.717, 1.165) is 5.69 Å². The van der Waals surface area contributed by atoms with Gasteiger partial charge in [-0.1, -0.05) is 11.6 Å². The van der Waals surface area contributed by atoms with Gasteiger partial charge in [-0.2, -0.15) is 0 Å². The van der Waals surface area contributed by atoms with Crippen molar-refractivity contribution in [2.24, 2.45) is 5.92 Å². The first-order valence-electron chi connectivity index (χ1n) is 4.55. The number of halogens is 1. The lowest BCUT2D eigenvalue weighted by Crippen LogP contribution is -2.51. The van der Waals surface area contributed by atoms with Gasteiger partial charge in [0.1, 0.15) is 5.15 Å². The summed E-state index contributed by atoms with van der Waals surface area (Å²) in [4.78, 5) is 20.6. The quantitative estimate of drug-likeness (QED) is 0.763. The molecule has 80 valence electrons. The Hall–Kier alpha value is -1.36. The fraction of sp³-hybridized carbons (Fsp3) is 0.444. The monoisotopic (exact) mass is 227 g/mol. The molecule has 1 aromatic heterocycles. The lowest BCUT2D eigenvalue weighted by atomic mass is 10.0. The Bertz CT molecular complexity index is 384. The zero-order valence-corrected chi connectivity index (χ0v) is 8.90. The number of aryl methyl sites for hydroxylation is 1. The SMILES string of the molecule is Cc1cc(Cl)nc(N2CC(C(=O)O)C2)n1. The average molecular weight is 228 g/mol. The summed E-state index contributed by atoms with van der Waals surface area (Å²) in [6, 6.07) is 1.67. The maximum absolute atomic E-state index is 10.6. The maximum atomic E-state index is 10.6. The molecule has 2 heterocycles. The van der Waals surface area contributed by atoms with Gasteiger partial charge in [0.05, 0.1) is 5.92 Å². The van der Waals surface area contributed by atoms with E-state index in [1.165, 1.54) is 0 Å². The summed E-state index contributed by atoms with van der Waals surface area (Å²) in [5.41, 5.74) is 0.781. The molecule has 1 fully saturated rings. The number of hydrogen-bond donors (Lipinski definition) is 1. The van der Waals surface area contributed by atoms with Crippen LogP contribution in [0.5, 0.6) is 0 Å². The molecule has 2 rings (SSSR count). The summed E-state index contributed by atoms with van der Waals surface area (Å²) in [6.45, 7) is 2.73. The van der Waals surface area contributed by atoms with E-state index in [4.69, 9.17) is 16.7 Å². The molecule has 0 saturated carbocycles. The third-order valence-corrected chi connectivity index (χ3v) is 2.52. The number of carbonyl (C=O) groups is 1. The Kier molecular flexibility index (Phi) is 2.48. The van der Waals surface area contributed by atoms with Gasteiger partial charge in [-0.15, -0.1) is 0 Å². The van der Waals surface area contributed by atoms with Gasteiger partial charge in [0.15, 0.2) is 0 Å².